The van der Waals surface area contributed by atoms with Crippen LogP contribution >= 0.6 is 11.6 Å². The van der Waals surface area contributed by atoms with Gasteiger partial charge in [-0.3, -0.25) is 10.2 Å². The van der Waals surface area contributed by atoms with Crippen LogP contribution in [-0.4, -0.2) is 5.91 Å². The Morgan fingerprint density at radius 1 is 1.19 bits per heavy atom. The number of halogens is 2. The number of nitrogens with one attached hydrogen (secondary N) is 1. The smallest absolute Gasteiger partial charge is 0.238 e. The summed E-state index contributed by atoms with van der Waals surface area (Å²) in [6.07, 6.45) is 0.133. The van der Waals surface area contributed by atoms with Gasteiger partial charge in [0.15, 0.2) is 11.6 Å². The molecular formula is C15H14ClFN2O2. The Bertz CT molecular complexity index is 649. The van der Waals surface area contributed by atoms with Crippen molar-refractivity contribution < 1.29 is 13.9 Å². The van der Waals surface area contributed by atoms with E-state index in [1.165, 1.54) is 12.1 Å². The van der Waals surface area contributed by atoms with Crippen molar-refractivity contribution in [2.75, 3.05) is 0 Å². The first-order chi connectivity index (χ1) is 10.1. The number of rotatable bonds is 5. The van der Waals surface area contributed by atoms with E-state index in [9.17, 15) is 9.18 Å². The molecule has 0 aromatic heterocycles. The van der Waals surface area contributed by atoms with Gasteiger partial charge in [-0.25, -0.2) is 10.2 Å². The second-order valence-corrected chi connectivity index (χ2v) is 4.76. The predicted octanol–water partition coefficient (Wildman–Crippen LogP) is 2.59. The summed E-state index contributed by atoms with van der Waals surface area (Å²) in [5.41, 5.74) is 3.62. The Morgan fingerprint density at radius 3 is 2.62 bits per heavy atom. The molecule has 0 heterocycles. The van der Waals surface area contributed by atoms with Crippen LogP contribution in [0.3, 0.4) is 0 Å². The van der Waals surface area contributed by atoms with Crippen molar-refractivity contribution in [3.8, 4) is 5.75 Å². The van der Waals surface area contributed by atoms with Gasteiger partial charge in [-0.1, -0.05) is 41.9 Å². The molecule has 0 saturated carbocycles. The number of hydrogen-bond donors (Lipinski definition) is 2. The lowest BCUT2D eigenvalue weighted by atomic mass is 10.1. The molecule has 0 unspecified atom stereocenters. The van der Waals surface area contributed by atoms with Gasteiger partial charge in [-0.15, -0.1) is 0 Å². The van der Waals surface area contributed by atoms with E-state index in [1.54, 1.807) is 12.1 Å². The Kier molecular flexibility index (Phi) is 5.14. The molecule has 0 aliphatic rings. The summed E-state index contributed by atoms with van der Waals surface area (Å²) in [6.45, 7) is 0.130. The molecule has 0 atom stereocenters. The van der Waals surface area contributed by atoms with Crippen molar-refractivity contribution >= 4 is 17.5 Å². The van der Waals surface area contributed by atoms with Gasteiger partial charge in [0.25, 0.3) is 0 Å². The van der Waals surface area contributed by atoms with E-state index in [0.717, 1.165) is 11.1 Å². The third kappa shape index (κ3) is 3.93. The van der Waals surface area contributed by atoms with Gasteiger partial charge in [-0.2, -0.15) is 0 Å². The third-order valence-corrected chi connectivity index (χ3v) is 3.22. The Labute approximate surface area is 126 Å². The van der Waals surface area contributed by atoms with Gasteiger partial charge in [0.2, 0.25) is 5.91 Å². The van der Waals surface area contributed by atoms with Crippen LogP contribution in [0.4, 0.5) is 4.39 Å². The van der Waals surface area contributed by atoms with E-state index >= 15 is 0 Å². The maximum absolute atomic E-state index is 13.7. The number of nitrogens with two attached hydrogens (primary N) is 1. The van der Waals surface area contributed by atoms with Crippen LogP contribution < -0.4 is 16.0 Å². The molecule has 21 heavy (non-hydrogen) atoms. The minimum absolute atomic E-state index is 0.00305. The molecule has 2 aromatic carbocycles. The summed E-state index contributed by atoms with van der Waals surface area (Å²) in [7, 11) is 0. The molecule has 0 bridgehead atoms. The molecule has 6 heteroatoms. The van der Waals surface area contributed by atoms with Gasteiger partial charge in [0.05, 0.1) is 11.4 Å². The zero-order chi connectivity index (χ0) is 15.2. The first kappa shape index (κ1) is 15.3. The van der Waals surface area contributed by atoms with Crippen molar-refractivity contribution in [3.05, 3.63) is 64.4 Å². The fourth-order valence-electron chi connectivity index (χ4n) is 1.85. The zero-order valence-electron chi connectivity index (χ0n) is 11.1. The first-order valence-electron chi connectivity index (χ1n) is 6.25. The van der Waals surface area contributed by atoms with Gasteiger partial charge < -0.3 is 4.74 Å². The summed E-state index contributed by atoms with van der Waals surface area (Å²) in [5.74, 6) is 4.24. The van der Waals surface area contributed by atoms with Crippen molar-refractivity contribution in [3.63, 3.8) is 0 Å². The van der Waals surface area contributed by atoms with Gasteiger partial charge >= 0.3 is 0 Å². The van der Waals surface area contributed by atoms with Crippen molar-refractivity contribution in [1.29, 1.82) is 0 Å². The molecule has 0 aliphatic carbocycles. The van der Waals surface area contributed by atoms with Crippen molar-refractivity contribution in [2.24, 2.45) is 5.84 Å². The number of benzene rings is 2. The minimum Gasteiger partial charge on any atom is -0.486 e. The molecule has 0 fully saturated rings. The SMILES string of the molecule is NNC(=O)Cc1ccccc1COc1cccc(Cl)c1F. The summed E-state index contributed by atoms with van der Waals surface area (Å²) >= 11 is 5.69. The molecule has 2 rings (SSSR count). The lowest BCUT2D eigenvalue weighted by Crippen LogP contribution is -2.31. The number of amides is 1. The first-order valence-corrected chi connectivity index (χ1v) is 6.62. The molecule has 4 nitrogen and oxygen atoms in total. The van der Waals surface area contributed by atoms with Gasteiger partial charge in [0.1, 0.15) is 6.61 Å². The number of hydrogen-bond acceptors (Lipinski definition) is 3. The van der Waals surface area contributed by atoms with Gasteiger partial charge in [0, 0.05) is 0 Å². The second kappa shape index (κ2) is 7.06. The Balaban J connectivity index is 2.13. The molecule has 3 N–H and O–H groups in total. The largest absolute Gasteiger partial charge is 0.486 e. The quantitative estimate of drug-likeness (QED) is 0.507. The lowest BCUT2D eigenvalue weighted by Gasteiger charge is -2.11. The maximum Gasteiger partial charge on any atom is 0.238 e. The average molecular weight is 309 g/mol. The standard InChI is InChI=1S/C15H14ClFN2O2/c16-12-6-3-7-13(15(12)17)21-9-11-5-2-1-4-10(11)8-14(20)19-18/h1-7H,8-9,18H2,(H,19,20). The molecule has 110 valence electrons. The minimum atomic E-state index is -0.601. The van der Waals surface area contributed by atoms with Crippen molar-refractivity contribution in [2.45, 2.75) is 13.0 Å². The molecule has 0 spiro atoms. The number of carbonyl (C=O) groups excluding carboxylic acids is 1. The normalized spacial score (nSPS) is 10.2. The third-order valence-electron chi connectivity index (χ3n) is 2.93. The van der Waals surface area contributed by atoms with Crippen LogP contribution in [0.15, 0.2) is 42.5 Å². The van der Waals surface area contributed by atoms with E-state index in [0.29, 0.717) is 0 Å². The highest BCUT2D eigenvalue weighted by molar-refractivity contribution is 6.30. The highest BCUT2D eigenvalue weighted by Crippen LogP contribution is 2.25. The molecule has 1 amide bonds. The summed E-state index contributed by atoms with van der Waals surface area (Å²) in [5, 5.41) is 0.00305. The molecule has 0 aliphatic heterocycles. The number of carbonyl (C=O) groups is 1. The van der Waals surface area contributed by atoms with E-state index in [2.05, 4.69) is 5.43 Å². The van der Waals surface area contributed by atoms with E-state index in [4.69, 9.17) is 22.2 Å². The van der Waals surface area contributed by atoms with Gasteiger partial charge in [-0.05, 0) is 23.3 Å². The number of ether oxygens (including phenoxy) is 1. The number of hydrazine groups is 1. The Hall–Kier alpha value is -2.11. The zero-order valence-corrected chi connectivity index (χ0v) is 11.9. The van der Waals surface area contributed by atoms with E-state index < -0.39 is 5.82 Å². The maximum atomic E-state index is 13.7. The van der Waals surface area contributed by atoms with Crippen LogP contribution in [0.25, 0.3) is 0 Å². The molecule has 0 radical (unpaired) electrons. The van der Waals surface area contributed by atoms with E-state index in [-0.39, 0.29) is 29.7 Å². The highest BCUT2D eigenvalue weighted by atomic mass is 35.5. The highest BCUT2D eigenvalue weighted by Gasteiger charge is 2.10. The topological polar surface area (TPSA) is 64.3 Å². The van der Waals surface area contributed by atoms with Crippen LogP contribution in [0.2, 0.25) is 5.02 Å². The van der Waals surface area contributed by atoms with Crippen LogP contribution in [0.1, 0.15) is 11.1 Å². The van der Waals surface area contributed by atoms with E-state index in [1.807, 2.05) is 18.2 Å². The molecular weight excluding hydrogens is 295 g/mol. The van der Waals surface area contributed by atoms with Crippen LogP contribution in [-0.2, 0) is 17.8 Å². The fraction of sp³-hybridized carbons (Fsp3) is 0.133. The average Bonchev–Trinajstić information content (AvgIpc) is 2.50. The molecule has 0 saturated heterocycles. The summed E-state index contributed by atoms with van der Waals surface area (Å²) in [6, 6.07) is 11.8. The predicted molar refractivity (Wildman–Crippen MR) is 78.2 cm³/mol. The second-order valence-electron chi connectivity index (χ2n) is 4.35. The fourth-order valence-corrected chi connectivity index (χ4v) is 2.01. The summed E-state index contributed by atoms with van der Waals surface area (Å²) < 4.78 is 19.2. The monoisotopic (exact) mass is 308 g/mol. The Morgan fingerprint density at radius 2 is 1.90 bits per heavy atom. The molecule has 2 aromatic rings. The van der Waals surface area contributed by atoms with Crippen LogP contribution in [0.5, 0.6) is 5.75 Å². The lowest BCUT2D eigenvalue weighted by molar-refractivity contribution is -0.120. The summed E-state index contributed by atoms with van der Waals surface area (Å²) in [4.78, 5) is 11.4. The van der Waals surface area contributed by atoms with Crippen LogP contribution in [0, 0.1) is 5.82 Å². The van der Waals surface area contributed by atoms with Crippen molar-refractivity contribution in [1.82, 2.24) is 5.43 Å².